The Bertz CT molecular complexity index is 384. The number of aromatic nitrogens is 1. The lowest BCUT2D eigenvalue weighted by atomic mass is 10.2. The standard InChI is InChI=1S/C13H20BrN3O2/c1-17(7-3-2-4-8-18)10-13(19)16-12-6-5-11(14)9-15-12/h5-6,9,18H,2-4,7-8,10H2,1H3,(H,15,16,19). The molecule has 1 aromatic rings. The maximum atomic E-state index is 11.8. The molecule has 1 amide bonds. The molecule has 0 aliphatic heterocycles. The second-order valence-electron chi connectivity index (χ2n) is 4.43. The SMILES string of the molecule is CN(CCCCCO)CC(=O)Nc1ccc(Br)cn1. The average molecular weight is 330 g/mol. The third kappa shape index (κ3) is 7.25. The summed E-state index contributed by atoms with van der Waals surface area (Å²) in [4.78, 5) is 17.8. The molecule has 0 spiro atoms. The first-order valence-corrected chi connectivity index (χ1v) is 7.12. The van der Waals surface area contributed by atoms with Crippen LogP contribution in [0.1, 0.15) is 19.3 Å². The van der Waals surface area contributed by atoms with Crippen LogP contribution in [0, 0.1) is 0 Å². The van der Waals surface area contributed by atoms with E-state index in [2.05, 4.69) is 26.2 Å². The van der Waals surface area contributed by atoms with Crippen LogP contribution in [0.5, 0.6) is 0 Å². The molecular formula is C13H20BrN3O2. The minimum absolute atomic E-state index is 0.0699. The summed E-state index contributed by atoms with van der Waals surface area (Å²) in [6.45, 7) is 1.43. The number of unbranched alkanes of at least 4 members (excludes halogenated alkanes) is 2. The zero-order valence-corrected chi connectivity index (χ0v) is 12.7. The second kappa shape index (κ2) is 9.01. The number of likely N-dealkylation sites (N-methyl/N-ethyl adjacent to an activating group) is 1. The number of hydrogen-bond acceptors (Lipinski definition) is 4. The minimum Gasteiger partial charge on any atom is -0.396 e. The van der Waals surface area contributed by atoms with Gasteiger partial charge in [0.15, 0.2) is 0 Å². The predicted molar refractivity (Wildman–Crippen MR) is 79.0 cm³/mol. The Morgan fingerprint density at radius 3 is 2.84 bits per heavy atom. The van der Waals surface area contributed by atoms with Crippen LogP contribution in [0.4, 0.5) is 5.82 Å². The molecule has 0 fully saturated rings. The number of pyridine rings is 1. The van der Waals surface area contributed by atoms with Crippen LogP contribution in [0.3, 0.4) is 0 Å². The van der Waals surface area contributed by atoms with E-state index in [1.807, 2.05) is 18.0 Å². The third-order valence-electron chi connectivity index (χ3n) is 2.61. The van der Waals surface area contributed by atoms with Gasteiger partial charge in [0.2, 0.25) is 5.91 Å². The van der Waals surface area contributed by atoms with Gasteiger partial charge in [0.25, 0.3) is 0 Å². The highest BCUT2D eigenvalue weighted by Crippen LogP contribution is 2.10. The van der Waals surface area contributed by atoms with Crippen LogP contribution in [0.25, 0.3) is 0 Å². The number of carbonyl (C=O) groups excluding carboxylic acids is 1. The molecule has 6 heteroatoms. The van der Waals surface area contributed by atoms with Gasteiger partial charge in [-0.3, -0.25) is 9.69 Å². The fourth-order valence-corrected chi connectivity index (χ4v) is 1.86. The van der Waals surface area contributed by atoms with E-state index in [1.165, 1.54) is 0 Å². The number of nitrogens with zero attached hydrogens (tertiary/aromatic N) is 2. The maximum Gasteiger partial charge on any atom is 0.239 e. The minimum atomic E-state index is -0.0699. The van der Waals surface area contributed by atoms with Gasteiger partial charge in [0.05, 0.1) is 6.54 Å². The summed E-state index contributed by atoms with van der Waals surface area (Å²) in [5.74, 6) is 0.487. The summed E-state index contributed by atoms with van der Waals surface area (Å²) in [5.41, 5.74) is 0. The number of nitrogens with one attached hydrogen (secondary N) is 1. The summed E-state index contributed by atoms with van der Waals surface area (Å²) < 4.78 is 0.881. The van der Waals surface area contributed by atoms with Crippen molar-refractivity contribution in [3.05, 3.63) is 22.8 Å². The van der Waals surface area contributed by atoms with Crippen LogP contribution in [-0.2, 0) is 4.79 Å². The molecule has 0 atom stereocenters. The van der Waals surface area contributed by atoms with E-state index in [0.717, 1.165) is 30.3 Å². The Morgan fingerprint density at radius 2 is 2.21 bits per heavy atom. The molecule has 0 unspecified atom stereocenters. The molecule has 0 bridgehead atoms. The van der Waals surface area contributed by atoms with Gasteiger partial charge in [0.1, 0.15) is 5.82 Å². The van der Waals surface area contributed by atoms with Gasteiger partial charge >= 0.3 is 0 Å². The topological polar surface area (TPSA) is 65.5 Å². The Hall–Kier alpha value is -0.980. The lowest BCUT2D eigenvalue weighted by Gasteiger charge is -2.15. The Kier molecular flexibility index (Phi) is 7.62. The quantitative estimate of drug-likeness (QED) is 0.715. The molecule has 0 aliphatic carbocycles. The molecule has 5 nitrogen and oxygen atoms in total. The highest BCUT2D eigenvalue weighted by Gasteiger charge is 2.07. The zero-order chi connectivity index (χ0) is 14.1. The smallest absolute Gasteiger partial charge is 0.239 e. The van der Waals surface area contributed by atoms with E-state index in [-0.39, 0.29) is 12.5 Å². The first kappa shape index (κ1) is 16.1. The molecule has 106 valence electrons. The Morgan fingerprint density at radius 1 is 1.42 bits per heavy atom. The molecule has 1 rings (SSSR count). The van der Waals surface area contributed by atoms with Crippen molar-refractivity contribution in [1.82, 2.24) is 9.88 Å². The molecule has 0 aliphatic rings. The van der Waals surface area contributed by atoms with Crippen molar-refractivity contribution in [2.45, 2.75) is 19.3 Å². The van der Waals surface area contributed by atoms with Crippen molar-refractivity contribution in [3.63, 3.8) is 0 Å². The lowest BCUT2D eigenvalue weighted by molar-refractivity contribution is -0.117. The van der Waals surface area contributed by atoms with Crippen LogP contribution < -0.4 is 5.32 Å². The van der Waals surface area contributed by atoms with Crippen molar-refractivity contribution >= 4 is 27.7 Å². The number of amides is 1. The number of aliphatic hydroxyl groups excluding tert-OH is 1. The van der Waals surface area contributed by atoms with Crippen LogP contribution in [-0.4, -0.2) is 47.6 Å². The molecule has 1 aromatic heterocycles. The van der Waals surface area contributed by atoms with E-state index in [9.17, 15) is 4.79 Å². The number of carbonyl (C=O) groups is 1. The van der Waals surface area contributed by atoms with Crippen molar-refractivity contribution in [1.29, 1.82) is 0 Å². The molecule has 0 saturated carbocycles. The Balaban J connectivity index is 2.24. The van der Waals surface area contributed by atoms with E-state index in [4.69, 9.17) is 5.11 Å². The number of anilines is 1. The van der Waals surface area contributed by atoms with Crippen LogP contribution >= 0.6 is 15.9 Å². The van der Waals surface area contributed by atoms with Gasteiger partial charge in [-0.25, -0.2) is 4.98 Å². The molecule has 0 radical (unpaired) electrons. The fourth-order valence-electron chi connectivity index (χ4n) is 1.63. The van der Waals surface area contributed by atoms with Gasteiger partial charge in [-0.2, -0.15) is 0 Å². The van der Waals surface area contributed by atoms with E-state index >= 15 is 0 Å². The Labute approximate surface area is 122 Å². The van der Waals surface area contributed by atoms with E-state index < -0.39 is 0 Å². The molecule has 1 heterocycles. The molecule has 0 aromatic carbocycles. The summed E-state index contributed by atoms with van der Waals surface area (Å²) in [6.07, 6.45) is 4.44. The zero-order valence-electron chi connectivity index (χ0n) is 11.1. The van der Waals surface area contributed by atoms with Crippen molar-refractivity contribution in [2.24, 2.45) is 0 Å². The normalized spacial score (nSPS) is 10.7. The summed E-state index contributed by atoms with van der Waals surface area (Å²) in [7, 11) is 1.91. The van der Waals surface area contributed by atoms with Crippen molar-refractivity contribution < 1.29 is 9.90 Å². The predicted octanol–water partition coefficient (Wildman–Crippen LogP) is 1.88. The first-order valence-electron chi connectivity index (χ1n) is 6.32. The van der Waals surface area contributed by atoms with Crippen molar-refractivity contribution in [3.8, 4) is 0 Å². The van der Waals surface area contributed by atoms with E-state index in [1.54, 1.807) is 12.3 Å². The summed E-state index contributed by atoms with van der Waals surface area (Å²) in [5, 5.41) is 11.4. The number of halogens is 1. The molecule has 0 saturated heterocycles. The summed E-state index contributed by atoms with van der Waals surface area (Å²) in [6, 6.07) is 3.59. The molecule has 19 heavy (non-hydrogen) atoms. The highest BCUT2D eigenvalue weighted by molar-refractivity contribution is 9.10. The van der Waals surface area contributed by atoms with Gasteiger partial charge in [0, 0.05) is 17.3 Å². The van der Waals surface area contributed by atoms with Gasteiger partial charge < -0.3 is 10.4 Å². The average Bonchev–Trinajstić information content (AvgIpc) is 2.37. The molecular weight excluding hydrogens is 310 g/mol. The summed E-state index contributed by atoms with van der Waals surface area (Å²) >= 11 is 3.29. The monoisotopic (exact) mass is 329 g/mol. The van der Waals surface area contributed by atoms with Crippen LogP contribution in [0.15, 0.2) is 22.8 Å². The van der Waals surface area contributed by atoms with Gasteiger partial charge in [-0.15, -0.1) is 0 Å². The number of aliphatic hydroxyl groups is 1. The van der Waals surface area contributed by atoms with E-state index in [0.29, 0.717) is 12.4 Å². The number of rotatable bonds is 8. The van der Waals surface area contributed by atoms with Gasteiger partial charge in [-0.1, -0.05) is 0 Å². The largest absolute Gasteiger partial charge is 0.396 e. The lowest BCUT2D eigenvalue weighted by Crippen LogP contribution is -2.31. The third-order valence-corrected chi connectivity index (χ3v) is 3.08. The fraction of sp³-hybridized carbons (Fsp3) is 0.538. The van der Waals surface area contributed by atoms with Crippen LogP contribution in [0.2, 0.25) is 0 Å². The second-order valence-corrected chi connectivity index (χ2v) is 5.35. The maximum absolute atomic E-state index is 11.8. The highest BCUT2D eigenvalue weighted by atomic mass is 79.9. The molecule has 2 N–H and O–H groups in total. The number of hydrogen-bond donors (Lipinski definition) is 2. The van der Waals surface area contributed by atoms with Crippen molar-refractivity contribution in [2.75, 3.05) is 32.1 Å². The van der Waals surface area contributed by atoms with Gasteiger partial charge in [-0.05, 0) is 60.9 Å². The first-order chi connectivity index (χ1) is 9.11.